The first-order valence-electron chi connectivity index (χ1n) is 7.08. The minimum atomic E-state index is -0.569. The number of aliphatic carboxylic acids is 1. The normalized spacial score (nSPS) is 24.6. The Balaban J connectivity index is 1.78. The van der Waals surface area contributed by atoms with Crippen LogP contribution in [-0.4, -0.2) is 35.6 Å². The minimum absolute atomic E-state index is 0.372. The fourth-order valence-corrected chi connectivity index (χ4v) is 3.27. The molecule has 0 unspecified atom stereocenters. The van der Waals surface area contributed by atoms with Crippen LogP contribution in [0.1, 0.15) is 57.8 Å². The maximum atomic E-state index is 11.3. The molecule has 0 amide bonds. The van der Waals surface area contributed by atoms with Crippen molar-refractivity contribution in [3.05, 3.63) is 0 Å². The van der Waals surface area contributed by atoms with Crippen LogP contribution in [0.15, 0.2) is 0 Å². The number of hydrogen-bond acceptors (Lipinski definition) is 2. The zero-order valence-corrected chi connectivity index (χ0v) is 11.0. The van der Waals surface area contributed by atoms with Crippen LogP contribution in [0.2, 0.25) is 0 Å². The largest absolute Gasteiger partial charge is 0.481 e. The van der Waals surface area contributed by atoms with Gasteiger partial charge >= 0.3 is 5.97 Å². The van der Waals surface area contributed by atoms with E-state index in [1.165, 1.54) is 32.1 Å². The van der Waals surface area contributed by atoms with E-state index in [0.29, 0.717) is 6.04 Å². The summed E-state index contributed by atoms with van der Waals surface area (Å²) < 4.78 is 0. The molecule has 0 spiro atoms. The summed E-state index contributed by atoms with van der Waals surface area (Å²) >= 11 is 0. The van der Waals surface area contributed by atoms with E-state index in [1.54, 1.807) is 0 Å². The Kier molecular flexibility index (Phi) is 4.08. The molecule has 0 aromatic rings. The van der Waals surface area contributed by atoms with Crippen LogP contribution in [0.4, 0.5) is 0 Å². The van der Waals surface area contributed by atoms with Crippen molar-refractivity contribution in [3.8, 4) is 0 Å². The van der Waals surface area contributed by atoms with Crippen LogP contribution in [0.3, 0.4) is 0 Å². The van der Waals surface area contributed by atoms with Gasteiger partial charge in [-0.05, 0) is 45.7 Å². The third kappa shape index (κ3) is 2.82. The summed E-state index contributed by atoms with van der Waals surface area (Å²) in [7, 11) is 2.17. The van der Waals surface area contributed by atoms with Crippen molar-refractivity contribution in [1.29, 1.82) is 0 Å². The van der Waals surface area contributed by atoms with E-state index >= 15 is 0 Å². The van der Waals surface area contributed by atoms with Gasteiger partial charge < -0.3 is 10.0 Å². The molecule has 0 heterocycles. The second-order valence-corrected chi connectivity index (χ2v) is 5.96. The lowest BCUT2D eigenvalue weighted by molar-refractivity contribution is -0.155. The summed E-state index contributed by atoms with van der Waals surface area (Å²) in [5.74, 6) is -0.569. The summed E-state index contributed by atoms with van der Waals surface area (Å²) in [5.41, 5.74) is -0.372. The van der Waals surface area contributed by atoms with Crippen LogP contribution < -0.4 is 0 Å². The molecule has 3 nitrogen and oxygen atoms in total. The van der Waals surface area contributed by atoms with Gasteiger partial charge in [-0.15, -0.1) is 0 Å². The van der Waals surface area contributed by atoms with Gasteiger partial charge in [0.1, 0.15) is 0 Å². The third-order valence-corrected chi connectivity index (χ3v) is 4.91. The Hall–Kier alpha value is -0.570. The van der Waals surface area contributed by atoms with Crippen molar-refractivity contribution >= 4 is 5.97 Å². The number of nitrogens with zero attached hydrogens (tertiary/aromatic N) is 1. The van der Waals surface area contributed by atoms with E-state index in [0.717, 1.165) is 32.2 Å². The summed E-state index contributed by atoms with van der Waals surface area (Å²) in [4.78, 5) is 13.7. The molecule has 0 aromatic heterocycles. The molecule has 2 aliphatic carbocycles. The van der Waals surface area contributed by atoms with Gasteiger partial charge in [0.05, 0.1) is 5.41 Å². The molecule has 3 heteroatoms. The van der Waals surface area contributed by atoms with Crippen LogP contribution >= 0.6 is 0 Å². The summed E-state index contributed by atoms with van der Waals surface area (Å²) in [5, 5.41) is 9.29. The van der Waals surface area contributed by atoms with Crippen molar-refractivity contribution in [2.24, 2.45) is 5.41 Å². The standard InChI is InChI=1S/C14H25NO2/c1-15(12-6-3-2-4-7-12)11-10-14(13(16)17)8-5-9-14/h12H,2-11H2,1H3,(H,16,17). The highest BCUT2D eigenvalue weighted by Crippen LogP contribution is 2.44. The molecule has 0 saturated heterocycles. The average Bonchev–Trinajstić information content (AvgIpc) is 2.28. The summed E-state index contributed by atoms with van der Waals surface area (Å²) in [6.07, 6.45) is 10.4. The van der Waals surface area contributed by atoms with Gasteiger partial charge in [0, 0.05) is 6.04 Å². The topological polar surface area (TPSA) is 40.5 Å². The van der Waals surface area contributed by atoms with E-state index in [-0.39, 0.29) is 5.41 Å². The van der Waals surface area contributed by atoms with Crippen LogP contribution in [0.25, 0.3) is 0 Å². The fourth-order valence-electron chi connectivity index (χ4n) is 3.27. The molecule has 2 fully saturated rings. The van der Waals surface area contributed by atoms with Crippen molar-refractivity contribution in [1.82, 2.24) is 4.90 Å². The van der Waals surface area contributed by atoms with Crippen molar-refractivity contribution in [2.75, 3.05) is 13.6 Å². The van der Waals surface area contributed by atoms with Crippen molar-refractivity contribution < 1.29 is 9.90 Å². The monoisotopic (exact) mass is 239 g/mol. The van der Waals surface area contributed by atoms with Gasteiger partial charge in [0.25, 0.3) is 0 Å². The second-order valence-electron chi connectivity index (χ2n) is 5.96. The first-order chi connectivity index (χ1) is 8.14. The SMILES string of the molecule is CN(CCC1(C(=O)O)CCC1)C1CCCCC1. The summed E-state index contributed by atoms with van der Waals surface area (Å²) in [6.45, 7) is 0.955. The zero-order chi connectivity index (χ0) is 12.3. The Bertz CT molecular complexity index is 267. The molecule has 2 rings (SSSR count). The smallest absolute Gasteiger partial charge is 0.309 e. The van der Waals surface area contributed by atoms with Gasteiger partial charge in [-0.1, -0.05) is 25.7 Å². The fraction of sp³-hybridized carbons (Fsp3) is 0.929. The zero-order valence-electron chi connectivity index (χ0n) is 11.0. The van der Waals surface area contributed by atoms with Gasteiger partial charge in [0.2, 0.25) is 0 Å². The maximum Gasteiger partial charge on any atom is 0.309 e. The number of carboxylic acids is 1. The molecule has 0 aliphatic heterocycles. The highest BCUT2D eigenvalue weighted by atomic mass is 16.4. The predicted molar refractivity (Wildman–Crippen MR) is 68.0 cm³/mol. The molecule has 0 aromatic carbocycles. The first kappa shape index (κ1) is 12.9. The van der Waals surface area contributed by atoms with Gasteiger partial charge in [-0.3, -0.25) is 4.79 Å². The number of hydrogen-bond donors (Lipinski definition) is 1. The van der Waals surface area contributed by atoms with Gasteiger partial charge in [-0.25, -0.2) is 0 Å². The number of rotatable bonds is 5. The van der Waals surface area contributed by atoms with Gasteiger partial charge in [-0.2, -0.15) is 0 Å². The number of carboxylic acid groups (broad SMARTS) is 1. The van der Waals surface area contributed by atoms with Crippen LogP contribution in [0.5, 0.6) is 0 Å². The highest BCUT2D eigenvalue weighted by molar-refractivity contribution is 5.75. The Morgan fingerprint density at radius 2 is 1.88 bits per heavy atom. The minimum Gasteiger partial charge on any atom is -0.481 e. The lowest BCUT2D eigenvalue weighted by Crippen LogP contribution is -2.42. The molecule has 17 heavy (non-hydrogen) atoms. The van der Waals surface area contributed by atoms with Gasteiger partial charge in [0.15, 0.2) is 0 Å². The maximum absolute atomic E-state index is 11.3. The molecular formula is C14H25NO2. The predicted octanol–water partition coefficient (Wildman–Crippen LogP) is 2.90. The van der Waals surface area contributed by atoms with Crippen LogP contribution in [-0.2, 0) is 4.79 Å². The Labute approximate surface area is 104 Å². The molecule has 2 saturated carbocycles. The molecule has 0 bridgehead atoms. The molecule has 1 N–H and O–H groups in total. The van der Waals surface area contributed by atoms with Crippen molar-refractivity contribution in [2.45, 2.75) is 63.8 Å². The molecule has 0 atom stereocenters. The Morgan fingerprint density at radius 3 is 2.35 bits per heavy atom. The Morgan fingerprint density at radius 1 is 1.24 bits per heavy atom. The molecule has 98 valence electrons. The number of carbonyl (C=O) groups is 1. The molecule has 0 radical (unpaired) electrons. The van der Waals surface area contributed by atoms with Crippen molar-refractivity contribution in [3.63, 3.8) is 0 Å². The molecular weight excluding hydrogens is 214 g/mol. The molecule has 2 aliphatic rings. The van der Waals surface area contributed by atoms with E-state index < -0.39 is 5.97 Å². The highest BCUT2D eigenvalue weighted by Gasteiger charge is 2.44. The van der Waals surface area contributed by atoms with E-state index in [2.05, 4.69) is 11.9 Å². The third-order valence-electron chi connectivity index (χ3n) is 4.91. The quantitative estimate of drug-likeness (QED) is 0.802. The van der Waals surface area contributed by atoms with E-state index in [9.17, 15) is 9.90 Å². The summed E-state index contributed by atoms with van der Waals surface area (Å²) in [6, 6.07) is 0.703. The average molecular weight is 239 g/mol. The first-order valence-corrected chi connectivity index (χ1v) is 7.08. The van der Waals surface area contributed by atoms with Crippen LogP contribution in [0, 0.1) is 5.41 Å². The van der Waals surface area contributed by atoms with E-state index in [4.69, 9.17) is 0 Å². The second kappa shape index (κ2) is 5.38. The lowest BCUT2D eigenvalue weighted by atomic mass is 9.66. The van der Waals surface area contributed by atoms with E-state index in [1.807, 2.05) is 0 Å². The lowest BCUT2D eigenvalue weighted by Gasteiger charge is -2.40.